The summed E-state index contributed by atoms with van der Waals surface area (Å²) in [4.78, 5) is 21.8. The topological polar surface area (TPSA) is 105 Å². The van der Waals surface area contributed by atoms with Crippen LogP contribution in [0.3, 0.4) is 0 Å². The number of hydrogen-bond donors (Lipinski definition) is 2. The highest BCUT2D eigenvalue weighted by atomic mass is 16.5. The molecule has 1 aliphatic rings. The van der Waals surface area contributed by atoms with Gasteiger partial charge < -0.3 is 24.6 Å². The Bertz CT molecular complexity index is 535. The minimum Gasteiger partial charge on any atom is -0.477 e. The average Bonchev–Trinajstić information content (AvgIpc) is 2.48. The number of carbonyl (C=O) groups excluding carboxylic acids is 1. The van der Waals surface area contributed by atoms with E-state index in [4.69, 9.17) is 9.47 Å². The molecule has 2 atom stereocenters. The smallest absolute Gasteiger partial charge is 0.278 e. The van der Waals surface area contributed by atoms with Crippen molar-refractivity contribution in [1.82, 2.24) is 14.9 Å². The SMILES string of the molecule is COc1ncc(C(=O)N2CC[C@@](C)(O)[C@H](O)C2)nc1OC. The summed E-state index contributed by atoms with van der Waals surface area (Å²) in [6.07, 6.45) is 0.590. The van der Waals surface area contributed by atoms with Gasteiger partial charge in [0, 0.05) is 13.1 Å². The van der Waals surface area contributed by atoms with Crippen LogP contribution < -0.4 is 9.47 Å². The number of aliphatic hydroxyl groups is 2. The number of β-amino-alcohol motifs (C(OH)–C–C–N with tert-alkyl or cyclic N) is 1. The van der Waals surface area contributed by atoms with E-state index in [1.54, 1.807) is 6.92 Å². The van der Waals surface area contributed by atoms with Crippen LogP contribution in [0.2, 0.25) is 0 Å². The second-order valence-electron chi connectivity index (χ2n) is 5.15. The van der Waals surface area contributed by atoms with Crippen LogP contribution in [-0.4, -0.2) is 70.0 Å². The Morgan fingerprint density at radius 1 is 1.43 bits per heavy atom. The summed E-state index contributed by atoms with van der Waals surface area (Å²) in [5.41, 5.74) is -1.08. The van der Waals surface area contributed by atoms with Gasteiger partial charge in [0.1, 0.15) is 0 Å². The summed E-state index contributed by atoms with van der Waals surface area (Å²) in [6.45, 7) is 1.93. The quantitative estimate of drug-likeness (QED) is 0.771. The van der Waals surface area contributed by atoms with Crippen molar-refractivity contribution in [2.24, 2.45) is 0 Å². The number of methoxy groups -OCH3 is 2. The molecule has 2 heterocycles. The van der Waals surface area contributed by atoms with Gasteiger partial charge in [0.05, 0.1) is 32.1 Å². The third-order valence-electron chi connectivity index (χ3n) is 3.60. The largest absolute Gasteiger partial charge is 0.477 e. The summed E-state index contributed by atoms with van der Waals surface area (Å²) in [5, 5.41) is 19.8. The van der Waals surface area contributed by atoms with E-state index in [0.29, 0.717) is 13.0 Å². The van der Waals surface area contributed by atoms with Crippen molar-refractivity contribution >= 4 is 5.91 Å². The second-order valence-corrected chi connectivity index (χ2v) is 5.15. The van der Waals surface area contributed by atoms with E-state index in [1.807, 2.05) is 0 Å². The minimum atomic E-state index is -1.18. The van der Waals surface area contributed by atoms with E-state index < -0.39 is 11.7 Å². The molecule has 0 spiro atoms. The lowest BCUT2D eigenvalue weighted by atomic mass is 9.90. The Kier molecular flexibility index (Phi) is 4.29. The van der Waals surface area contributed by atoms with Crippen LogP contribution in [0.4, 0.5) is 0 Å². The minimum absolute atomic E-state index is 0.0435. The number of piperidine rings is 1. The average molecular weight is 297 g/mol. The van der Waals surface area contributed by atoms with E-state index in [-0.39, 0.29) is 29.9 Å². The lowest BCUT2D eigenvalue weighted by molar-refractivity contribution is -0.1000. The highest BCUT2D eigenvalue weighted by molar-refractivity contribution is 5.92. The zero-order chi connectivity index (χ0) is 15.6. The van der Waals surface area contributed by atoms with Gasteiger partial charge >= 0.3 is 0 Å². The Morgan fingerprint density at radius 3 is 2.67 bits per heavy atom. The van der Waals surface area contributed by atoms with Crippen LogP contribution in [0.5, 0.6) is 11.8 Å². The van der Waals surface area contributed by atoms with Crippen molar-refractivity contribution in [2.75, 3.05) is 27.3 Å². The van der Waals surface area contributed by atoms with Gasteiger partial charge in [0.15, 0.2) is 5.69 Å². The van der Waals surface area contributed by atoms with Crippen LogP contribution in [-0.2, 0) is 0 Å². The van der Waals surface area contributed by atoms with Gasteiger partial charge in [0.25, 0.3) is 17.7 Å². The summed E-state index contributed by atoms with van der Waals surface area (Å²) in [6, 6.07) is 0. The Labute approximate surface area is 122 Å². The maximum atomic E-state index is 12.4. The molecule has 8 nitrogen and oxygen atoms in total. The standard InChI is InChI=1S/C13H19N3O5/c1-13(19)4-5-16(7-9(13)17)12(18)8-6-14-10(20-2)11(15-8)21-3/h6,9,17,19H,4-5,7H2,1-3H3/t9-,13-/m1/s1. The van der Waals surface area contributed by atoms with Crippen LogP contribution >= 0.6 is 0 Å². The molecular formula is C13H19N3O5. The number of amides is 1. The van der Waals surface area contributed by atoms with Gasteiger partial charge in [-0.05, 0) is 13.3 Å². The lowest BCUT2D eigenvalue weighted by Crippen LogP contribution is -2.55. The third kappa shape index (κ3) is 3.06. The number of hydrogen-bond acceptors (Lipinski definition) is 7. The summed E-state index contributed by atoms with van der Waals surface area (Å²) in [7, 11) is 2.83. The van der Waals surface area contributed by atoms with Crippen molar-refractivity contribution in [3.63, 3.8) is 0 Å². The molecule has 1 amide bonds. The normalized spacial score (nSPS) is 25.6. The van der Waals surface area contributed by atoms with Crippen molar-refractivity contribution in [3.05, 3.63) is 11.9 Å². The molecule has 0 aromatic carbocycles. The van der Waals surface area contributed by atoms with E-state index in [0.717, 1.165) is 0 Å². The van der Waals surface area contributed by atoms with Gasteiger partial charge in [-0.1, -0.05) is 0 Å². The maximum Gasteiger partial charge on any atom is 0.278 e. The number of nitrogens with zero attached hydrogens (tertiary/aromatic N) is 3. The van der Waals surface area contributed by atoms with Gasteiger partial charge in [-0.3, -0.25) is 4.79 Å². The van der Waals surface area contributed by atoms with E-state index in [1.165, 1.54) is 25.3 Å². The molecule has 0 saturated carbocycles. The first-order valence-electron chi connectivity index (χ1n) is 6.53. The van der Waals surface area contributed by atoms with Crippen LogP contribution in [0.15, 0.2) is 6.20 Å². The van der Waals surface area contributed by atoms with Crippen molar-refractivity contribution < 1.29 is 24.5 Å². The Balaban J connectivity index is 2.17. The molecule has 2 N–H and O–H groups in total. The van der Waals surface area contributed by atoms with E-state index >= 15 is 0 Å². The van der Waals surface area contributed by atoms with Crippen LogP contribution in [0.25, 0.3) is 0 Å². The number of ether oxygens (including phenoxy) is 2. The van der Waals surface area contributed by atoms with Gasteiger partial charge in [-0.15, -0.1) is 0 Å². The molecule has 0 aliphatic carbocycles. The fraction of sp³-hybridized carbons (Fsp3) is 0.615. The molecular weight excluding hydrogens is 278 g/mol. The number of rotatable bonds is 3. The van der Waals surface area contributed by atoms with Crippen molar-refractivity contribution in [1.29, 1.82) is 0 Å². The molecule has 1 aromatic heterocycles. The molecule has 1 aliphatic heterocycles. The first-order valence-corrected chi connectivity index (χ1v) is 6.53. The fourth-order valence-electron chi connectivity index (χ4n) is 2.11. The molecule has 1 saturated heterocycles. The van der Waals surface area contributed by atoms with Gasteiger partial charge in [-0.25, -0.2) is 9.97 Å². The molecule has 0 unspecified atom stereocenters. The first-order chi connectivity index (χ1) is 9.89. The predicted molar refractivity (Wildman–Crippen MR) is 72.3 cm³/mol. The number of aromatic nitrogens is 2. The molecule has 1 fully saturated rings. The highest BCUT2D eigenvalue weighted by Crippen LogP contribution is 2.24. The van der Waals surface area contributed by atoms with Gasteiger partial charge in [-0.2, -0.15) is 0 Å². The summed E-state index contributed by atoms with van der Waals surface area (Å²) >= 11 is 0. The van der Waals surface area contributed by atoms with Crippen LogP contribution in [0.1, 0.15) is 23.8 Å². The van der Waals surface area contributed by atoms with Gasteiger partial charge in [0.2, 0.25) is 0 Å². The van der Waals surface area contributed by atoms with Crippen LogP contribution in [0, 0.1) is 0 Å². The molecule has 8 heteroatoms. The Hall–Kier alpha value is -1.93. The Morgan fingerprint density at radius 2 is 2.10 bits per heavy atom. The molecule has 0 radical (unpaired) electrons. The number of likely N-dealkylation sites (tertiary alicyclic amines) is 1. The third-order valence-corrected chi connectivity index (χ3v) is 3.60. The maximum absolute atomic E-state index is 12.4. The number of carbonyl (C=O) groups is 1. The zero-order valence-corrected chi connectivity index (χ0v) is 12.2. The lowest BCUT2D eigenvalue weighted by Gasteiger charge is -2.39. The molecule has 0 bridgehead atoms. The molecule has 2 rings (SSSR count). The first kappa shape index (κ1) is 15.5. The fourth-order valence-corrected chi connectivity index (χ4v) is 2.11. The summed E-state index contributed by atoms with van der Waals surface area (Å²) < 4.78 is 9.97. The predicted octanol–water partition coefficient (Wildman–Crippen LogP) is -0.548. The second kappa shape index (κ2) is 5.82. The highest BCUT2D eigenvalue weighted by Gasteiger charge is 2.38. The number of aliphatic hydroxyl groups excluding tert-OH is 1. The van der Waals surface area contributed by atoms with Crippen molar-refractivity contribution in [3.8, 4) is 11.8 Å². The molecule has 1 aromatic rings. The van der Waals surface area contributed by atoms with E-state index in [2.05, 4.69) is 9.97 Å². The summed E-state index contributed by atoms with van der Waals surface area (Å²) in [5.74, 6) is -0.0680. The molecule has 21 heavy (non-hydrogen) atoms. The molecule has 116 valence electrons. The van der Waals surface area contributed by atoms with Crippen molar-refractivity contribution in [2.45, 2.75) is 25.0 Å². The van der Waals surface area contributed by atoms with E-state index in [9.17, 15) is 15.0 Å². The monoisotopic (exact) mass is 297 g/mol. The zero-order valence-electron chi connectivity index (χ0n) is 12.2.